The minimum absolute atomic E-state index is 0.0633. The summed E-state index contributed by atoms with van der Waals surface area (Å²) in [4.78, 5) is 14.4. The maximum Gasteiger partial charge on any atom is 0.282 e. The molecular weight excluding hydrogens is 374 g/mol. The first-order chi connectivity index (χ1) is 12.4. The molecule has 6 nitrogen and oxygen atoms in total. The van der Waals surface area contributed by atoms with E-state index in [0.29, 0.717) is 30.6 Å². The third-order valence-electron chi connectivity index (χ3n) is 5.06. The van der Waals surface area contributed by atoms with Crippen LogP contribution in [0, 0.1) is 5.92 Å². The Labute approximate surface area is 160 Å². The third-order valence-corrected chi connectivity index (χ3v) is 7.24. The van der Waals surface area contributed by atoms with Gasteiger partial charge in [0.15, 0.2) is 0 Å². The molecule has 0 saturated carbocycles. The van der Waals surface area contributed by atoms with Crippen LogP contribution in [0.25, 0.3) is 0 Å². The van der Waals surface area contributed by atoms with Gasteiger partial charge in [-0.1, -0.05) is 30.7 Å². The Morgan fingerprint density at radius 2 is 1.81 bits per heavy atom. The number of amides is 1. The first-order valence-corrected chi connectivity index (χ1v) is 10.9. The summed E-state index contributed by atoms with van der Waals surface area (Å²) in [6, 6.07) is 7.17. The van der Waals surface area contributed by atoms with E-state index in [9.17, 15) is 13.2 Å². The number of piperidine rings is 1. The summed E-state index contributed by atoms with van der Waals surface area (Å²) in [6.45, 7) is 4.68. The normalized spacial score (nSPS) is 24.5. The van der Waals surface area contributed by atoms with Crippen molar-refractivity contribution in [1.82, 2.24) is 13.5 Å². The molecule has 0 N–H and O–H groups in total. The van der Waals surface area contributed by atoms with Gasteiger partial charge in [0.2, 0.25) is 5.91 Å². The highest BCUT2D eigenvalue weighted by Crippen LogP contribution is 2.21. The van der Waals surface area contributed by atoms with E-state index in [0.717, 1.165) is 37.9 Å². The quantitative estimate of drug-likeness (QED) is 0.780. The molecular formula is C18H26ClN3O3S. The topological polar surface area (TPSA) is 60.9 Å². The molecule has 0 aliphatic carbocycles. The molecule has 2 fully saturated rings. The molecule has 144 valence electrons. The lowest BCUT2D eigenvalue weighted by Crippen LogP contribution is -2.53. The predicted octanol–water partition coefficient (Wildman–Crippen LogP) is 2.35. The van der Waals surface area contributed by atoms with E-state index in [-0.39, 0.29) is 12.5 Å². The lowest BCUT2D eigenvalue weighted by molar-refractivity contribution is -0.133. The summed E-state index contributed by atoms with van der Waals surface area (Å²) in [5, 5.41) is 0.623. The van der Waals surface area contributed by atoms with Crippen molar-refractivity contribution >= 4 is 27.7 Å². The molecule has 0 spiro atoms. The van der Waals surface area contributed by atoms with Crippen molar-refractivity contribution in [3.8, 4) is 0 Å². The second-order valence-electron chi connectivity index (χ2n) is 7.24. The molecule has 26 heavy (non-hydrogen) atoms. The Morgan fingerprint density at radius 1 is 1.12 bits per heavy atom. The van der Waals surface area contributed by atoms with Crippen molar-refractivity contribution in [2.45, 2.75) is 32.7 Å². The van der Waals surface area contributed by atoms with Crippen LogP contribution >= 0.6 is 11.6 Å². The van der Waals surface area contributed by atoms with E-state index in [1.54, 1.807) is 12.1 Å². The standard InChI is InChI=1S/C18H26ClN3O3S/c1-15-4-2-9-20(12-15)18(23)14-22-11-3-10-21(26(22,24)25)13-16-5-7-17(19)8-6-16/h5-8,15H,2-4,9-14H2,1H3/t15-/m1/s1. The minimum atomic E-state index is -3.63. The summed E-state index contributed by atoms with van der Waals surface area (Å²) in [7, 11) is -3.63. The highest BCUT2D eigenvalue weighted by molar-refractivity contribution is 7.86. The molecule has 8 heteroatoms. The van der Waals surface area contributed by atoms with E-state index < -0.39 is 10.2 Å². The number of nitrogens with zero attached hydrogens (tertiary/aromatic N) is 3. The van der Waals surface area contributed by atoms with Crippen molar-refractivity contribution in [2.24, 2.45) is 5.92 Å². The minimum Gasteiger partial charge on any atom is -0.341 e. The van der Waals surface area contributed by atoms with Crippen LogP contribution in [0.5, 0.6) is 0 Å². The highest BCUT2D eigenvalue weighted by Gasteiger charge is 2.35. The third kappa shape index (κ3) is 4.57. The van der Waals surface area contributed by atoms with Gasteiger partial charge < -0.3 is 4.90 Å². The molecule has 2 aliphatic heterocycles. The Bertz CT molecular complexity index is 739. The average molecular weight is 400 g/mol. The summed E-state index contributed by atoms with van der Waals surface area (Å²) < 4.78 is 28.6. The Morgan fingerprint density at radius 3 is 2.50 bits per heavy atom. The molecule has 0 radical (unpaired) electrons. The average Bonchev–Trinajstić information content (AvgIpc) is 2.60. The molecule has 0 bridgehead atoms. The van der Waals surface area contributed by atoms with Gasteiger partial charge in [0.1, 0.15) is 0 Å². The van der Waals surface area contributed by atoms with Crippen molar-refractivity contribution in [2.75, 3.05) is 32.7 Å². The summed E-state index contributed by atoms with van der Waals surface area (Å²) in [5.74, 6) is 0.389. The Balaban J connectivity index is 1.66. The van der Waals surface area contributed by atoms with Crippen molar-refractivity contribution in [3.05, 3.63) is 34.9 Å². The first kappa shape index (κ1) is 19.6. The number of benzene rings is 1. The lowest BCUT2D eigenvalue weighted by atomic mass is 10.0. The van der Waals surface area contributed by atoms with Gasteiger partial charge in [0, 0.05) is 37.7 Å². The largest absolute Gasteiger partial charge is 0.341 e. The number of halogens is 1. The maximum absolute atomic E-state index is 12.9. The molecule has 1 aromatic rings. The number of hydrogen-bond donors (Lipinski definition) is 0. The van der Waals surface area contributed by atoms with Gasteiger partial charge in [0.25, 0.3) is 10.2 Å². The van der Waals surface area contributed by atoms with Crippen LogP contribution in [-0.2, 0) is 21.5 Å². The smallest absolute Gasteiger partial charge is 0.282 e. The van der Waals surface area contributed by atoms with E-state index >= 15 is 0 Å². The number of carbonyl (C=O) groups excluding carboxylic acids is 1. The molecule has 3 rings (SSSR count). The zero-order valence-corrected chi connectivity index (χ0v) is 16.7. The Kier molecular flexibility index (Phi) is 6.22. The fourth-order valence-electron chi connectivity index (χ4n) is 3.60. The number of rotatable bonds is 4. The van der Waals surface area contributed by atoms with Gasteiger partial charge in [-0.2, -0.15) is 17.0 Å². The van der Waals surface area contributed by atoms with Crippen LogP contribution in [0.3, 0.4) is 0 Å². The van der Waals surface area contributed by atoms with Gasteiger partial charge in [-0.15, -0.1) is 0 Å². The van der Waals surface area contributed by atoms with E-state index in [4.69, 9.17) is 11.6 Å². The first-order valence-electron chi connectivity index (χ1n) is 9.13. The van der Waals surface area contributed by atoms with E-state index in [2.05, 4.69) is 6.92 Å². The number of carbonyl (C=O) groups is 1. The fraction of sp³-hybridized carbons (Fsp3) is 0.611. The number of hydrogen-bond acceptors (Lipinski definition) is 3. The number of likely N-dealkylation sites (tertiary alicyclic amines) is 1. The van der Waals surface area contributed by atoms with Gasteiger partial charge in [-0.25, -0.2) is 0 Å². The van der Waals surface area contributed by atoms with Gasteiger partial charge >= 0.3 is 0 Å². The molecule has 2 saturated heterocycles. The second kappa shape index (κ2) is 8.25. The molecule has 0 unspecified atom stereocenters. The van der Waals surface area contributed by atoms with Crippen molar-refractivity contribution in [1.29, 1.82) is 0 Å². The van der Waals surface area contributed by atoms with Crippen LogP contribution in [0.1, 0.15) is 31.7 Å². The molecule has 2 aliphatic rings. The summed E-state index contributed by atoms with van der Waals surface area (Å²) in [5.41, 5.74) is 0.885. The molecule has 1 aromatic carbocycles. The van der Waals surface area contributed by atoms with Crippen LogP contribution in [0.4, 0.5) is 0 Å². The van der Waals surface area contributed by atoms with Gasteiger partial charge in [-0.05, 0) is 42.9 Å². The highest BCUT2D eigenvalue weighted by atomic mass is 35.5. The second-order valence-corrected chi connectivity index (χ2v) is 9.61. The predicted molar refractivity (Wildman–Crippen MR) is 102 cm³/mol. The van der Waals surface area contributed by atoms with Crippen molar-refractivity contribution < 1.29 is 13.2 Å². The van der Waals surface area contributed by atoms with Gasteiger partial charge in [-0.3, -0.25) is 4.79 Å². The SMILES string of the molecule is C[C@@H]1CCCN(C(=O)CN2CCCN(Cc3ccc(Cl)cc3)S2(=O)=O)C1. The summed E-state index contributed by atoms with van der Waals surface area (Å²) >= 11 is 5.89. The molecule has 2 heterocycles. The van der Waals surface area contributed by atoms with E-state index in [1.807, 2.05) is 17.0 Å². The zero-order valence-electron chi connectivity index (χ0n) is 15.1. The fourth-order valence-corrected chi connectivity index (χ4v) is 5.36. The van der Waals surface area contributed by atoms with Crippen LogP contribution in [-0.4, -0.2) is 60.6 Å². The molecule has 1 amide bonds. The lowest BCUT2D eigenvalue weighted by Gasteiger charge is -2.36. The summed E-state index contributed by atoms with van der Waals surface area (Å²) in [6.07, 6.45) is 2.83. The maximum atomic E-state index is 12.9. The van der Waals surface area contributed by atoms with Crippen molar-refractivity contribution in [3.63, 3.8) is 0 Å². The van der Waals surface area contributed by atoms with Crippen LogP contribution in [0.15, 0.2) is 24.3 Å². The molecule has 1 atom stereocenters. The van der Waals surface area contributed by atoms with Crippen LogP contribution < -0.4 is 0 Å². The monoisotopic (exact) mass is 399 g/mol. The van der Waals surface area contributed by atoms with E-state index in [1.165, 1.54) is 8.61 Å². The zero-order chi connectivity index (χ0) is 18.7. The van der Waals surface area contributed by atoms with Gasteiger partial charge in [0.05, 0.1) is 6.54 Å². The Hall–Kier alpha value is -1.15. The molecule has 0 aromatic heterocycles. The van der Waals surface area contributed by atoms with Crippen LogP contribution in [0.2, 0.25) is 5.02 Å².